The molecule has 0 unspecified atom stereocenters. The highest BCUT2D eigenvalue weighted by Crippen LogP contribution is 2.26. The number of ketones is 2. The normalized spacial score (nSPS) is 10.3. The molecule has 0 fully saturated rings. The van der Waals surface area contributed by atoms with E-state index in [1.165, 1.54) is 19.9 Å². The van der Waals surface area contributed by atoms with Gasteiger partial charge in [0, 0.05) is 10.9 Å². The van der Waals surface area contributed by atoms with Crippen molar-refractivity contribution in [2.45, 2.75) is 13.8 Å². The van der Waals surface area contributed by atoms with Crippen molar-refractivity contribution >= 4 is 40.1 Å². The summed E-state index contributed by atoms with van der Waals surface area (Å²) in [7, 11) is 1.58. The van der Waals surface area contributed by atoms with Crippen molar-refractivity contribution < 1.29 is 14.3 Å². The Morgan fingerprint density at radius 3 is 2.43 bits per heavy atom. The fourth-order valence-corrected chi connectivity index (χ4v) is 2.18. The van der Waals surface area contributed by atoms with Crippen molar-refractivity contribution in [3.8, 4) is 5.75 Å². The van der Waals surface area contributed by atoms with Crippen LogP contribution >= 0.6 is 11.6 Å². The van der Waals surface area contributed by atoms with Gasteiger partial charge in [-0.25, -0.2) is 4.98 Å². The molecule has 5 heteroatoms. The van der Waals surface area contributed by atoms with Gasteiger partial charge in [-0.15, -0.1) is 0 Å². The number of nitrogens with zero attached hydrogens (tertiary/aromatic N) is 1. The molecule has 108 valence electrons. The highest BCUT2D eigenvalue weighted by Gasteiger charge is 2.12. The lowest BCUT2D eigenvalue weighted by molar-refractivity contribution is -0.119. The molecule has 0 aliphatic carbocycles. The summed E-state index contributed by atoms with van der Waals surface area (Å²) in [6.07, 6.45) is 1.47. The van der Waals surface area contributed by atoms with Gasteiger partial charge in [0.1, 0.15) is 10.9 Å². The highest BCUT2D eigenvalue weighted by molar-refractivity contribution is 6.32. The molecule has 0 saturated heterocycles. The maximum Gasteiger partial charge on any atom is 0.163 e. The molecule has 0 aliphatic rings. The lowest BCUT2D eigenvalue weighted by Gasteiger charge is -2.06. The zero-order valence-electron chi connectivity index (χ0n) is 11.9. The van der Waals surface area contributed by atoms with Gasteiger partial charge in [-0.1, -0.05) is 11.6 Å². The summed E-state index contributed by atoms with van der Waals surface area (Å²) >= 11 is 6.12. The number of carbonyl (C=O) groups excluding carboxylic acids is 2. The molecule has 0 aliphatic heterocycles. The number of benzene rings is 1. The summed E-state index contributed by atoms with van der Waals surface area (Å²) < 4.78 is 5.17. The van der Waals surface area contributed by atoms with Crippen LogP contribution in [-0.2, 0) is 9.59 Å². The summed E-state index contributed by atoms with van der Waals surface area (Å²) in [5.74, 6) is 0.0912. The first-order valence-corrected chi connectivity index (χ1v) is 6.68. The van der Waals surface area contributed by atoms with E-state index in [9.17, 15) is 9.59 Å². The number of methoxy groups -OCH3 is 1. The summed E-state index contributed by atoms with van der Waals surface area (Å²) in [6, 6.07) is 7.18. The summed E-state index contributed by atoms with van der Waals surface area (Å²) in [4.78, 5) is 27.3. The first kappa shape index (κ1) is 15.2. The Bertz CT molecular complexity index is 749. The summed E-state index contributed by atoms with van der Waals surface area (Å²) in [5, 5.41) is 1.06. The van der Waals surface area contributed by atoms with Crippen LogP contribution in [0.4, 0.5) is 0 Å². The minimum atomic E-state index is -0.302. The number of ether oxygens (including phenoxy) is 1. The number of Topliss-reactive ketones (excluding diaryl/α,β-unsaturated/α-hetero) is 2. The van der Waals surface area contributed by atoms with Crippen LogP contribution in [-0.4, -0.2) is 23.7 Å². The summed E-state index contributed by atoms with van der Waals surface area (Å²) in [6.45, 7) is 2.69. The third-order valence-electron chi connectivity index (χ3n) is 3.06. The molecule has 1 aromatic heterocycles. The molecular formula is C16H14ClNO3. The van der Waals surface area contributed by atoms with Crippen LogP contribution in [0.5, 0.6) is 5.75 Å². The SMILES string of the molecule is COc1ccc2nc(Cl)c(C=C(C(C)=O)C(C)=O)cc2c1. The molecule has 0 spiro atoms. The first-order valence-electron chi connectivity index (χ1n) is 6.30. The number of rotatable bonds is 4. The predicted molar refractivity (Wildman–Crippen MR) is 82.6 cm³/mol. The molecule has 2 aromatic rings. The molecule has 0 atom stereocenters. The predicted octanol–water partition coefficient (Wildman–Crippen LogP) is 3.46. The zero-order chi connectivity index (χ0) is 15.6. The van der Waals surface area contributed by atoms with Crippen molar-refractivity contribution in [2.75, 3.05) is 7.11 Å². The topological polar surface area (TPSA) is 56.3 Å². The molecular weight excluding hydrogens is 290 g/mol. The maximum atomic E-state index is 11.5. The van der Waals surface area contributed by atoms with Gasteiger partial charge in [0.2, 0.25) is 0 Å². The number of carbonyl (C=O) groups is 2. The first-order chi connectivity index (χ1) is 9.92. The lowest BCUT2D eigenvalue weighted by Crippen LogP contribution is -2.05. The van der Waals surface area contributed by atoms with Crippen molar-refractivity contribution in [3.63, 3.8) is 0 Å². The molecule has 0 radical (unpaired) electrons. The number of pyridine rings is 1. The van der Waals surface area contributed by atoms with Gasteiger partial charge in [0.25, 0.3) is 0 Å². The Balaban J connectivity index is 2.63. The third kappa shape index (κ3) is 3.28. The second kappa shape index (κ2) is 6.06. The quantitative estimate of drug-likeness (QED) is 0.376. The number of hydrogen-bond donors (Lipinski definition) is 0. The standard InChI is InChI=1S/C16H14ClNO3/c1-9(19)14(10(2)20)8-12-6-11-7-13(21-3)4-5-15(11)18-16(12)17/h4-8H,1-3H3. The molecule has 4 nitrogen and oxygen atoms in total. The Hall–Kier alpha value is -2.20. The largest absolute Gasteiger partial charge is 0.497 e. The van der Waals surface area contributed by atoms with Crippen molar-refractivity contribution in [1.82, 2.24) is 4.98 Å². The van der Waals surface area contributed by atoms with Crippen molar-refractivity contribution in [1.29, 1.82) is 0 Å². The fourth-order valence-electron chi connectivity index (χ4n) is 1.98. The van der Waals surface area contributed by atoms with Gasteiger partial charge in [-0.3, -0.25) is 9.59 Å². The fraction of sp³-hybridized carbons (Fsp3) is 0.188. The van der Waals surface area contributed by atoms with Gasteiger partial charge in [0.05, 0.1) is 18.2 Å². The van der Waals surface area contributed by atoms with Gasteiger partial charge in [-0.05, 0) is 44.2 Å². The third-order valence-corrected chi connectivity index (χ3v) is 3.36. The Morgan fingerprint density at radius 2 is 1.86 bits per heavy atom. The monoisotopic (exact) mass is 303 g/mol. The van der Waals surface area contributed by atoms with E-state index in [0.29, 0.717) is 16.8 Å². The van der Waals surface area contributed by atoms with Crippen LogP contribution in [0.25, 0.3) is 17.0 Å². The molecule has 0 amide bonds. The van der Waals surface area contributed by atoms with E-state index in [2.05, 4.69) is 4.98 Å². The number of aromatic nitrogens is 1. The number of fused-ring (bicyclic) bond motifs is 1. The molecule has 1 aromatic carbocycles. The molecule has 2 rings (SSSR count). The van der Waals surface area contributed by atoms with Crippen LogP contribution in [0.15, 0.2) is 29.8 Å². The smallest absolute Gasteiger partial charge is 0.163 e. The maximum absolute atomic E-state index is 11.5. The van der Waals surface area contributed by atoms with E-state index in [-0.39, 0.29) is 22.3 Å². The van der Waals surface area contributed by atoms with E-state index >= 15 is 0 Å². The minimum absolute atomic E-state index is 0.0981. The average molecular weight is 304 g/mol. The second-order valence-electron chi connectivity index (χ2n) is 4.60. The molecule has 21 heavy (non-hydrogen) atoms. The molecule has 1 heterocycles. The van der Waals surface area contributed by atoms with Gasteiger partial charge >= 0.3 is 0 Å². The van der Waals surface area contributed by atoms with E-state index < -0.39 is 0 Å². The molecule has 0 saturated carbocycles. The molecule has 0 bridgehead atoms. The highest BCUT2D eigenvalue weighted by atomic mass is 35.5. The average Bonchev–Trinajstić information content (AvgIpc) is 2.43. The van der Waals surface area contributed by atoms with Crippen molar-refractivity contribution in [3.05, 3.63) is 40.6 Å². The van der Waals surface area contributed by atoms with Gasteiger partial charge in [0.15, 0.2) is 11.6 Å². The van der Waals surface area contributed by atoms with Gasteiger partial charge < -0.3 is 4.74 Å². The Morgan fingerprint density at radius 1 is 1.19 bits per heavy atom. The molecule has 0 N–H and O–H groups in total. The van der Waals surface area contributed by atoms with Crippen LogP contribution in [0, 0.1) is 0 Å². The van der Waals surface area contributed by atoms with Crippen LogP contribution in [0.3, 0.4) is 0 Å². The van der Waals surface area contributed by atoms with E-state index in [4.69, 9.17) is 16.3 Å². The van der Waals surface area contributed by atoms with E-state index in [1.54, 1.807) is 25.3 Å². The number of halogens is 1. The number of allylic oxidation sites excluding steroid dienone is 1. The van der Waals surface area contributed by atoms with Crippen LogP contribution in [0.1, 0.15) is 19.4 Å². The van der Waals surface area contributed by atoms with Crippen LogP contribution in [0.2, 0.25) is 5.15 Å². The zero-order valence-corrected chi connectivity index (χ0v) is 12.7. The minimum Gasteiger partial charge on any atom is -0.497 e. The lowest BCUT2D eigenvalue weighted by atomic mass is 10.0. The van der Waals surface area contributed by atoms with E-state index in [1.807, 2.05) is 6.07 Å². The number of hydrogen-bond acceptors (Lipinski definition) is 4. The van der Waals surface area contributed by atoms with Gasteiger partial charge in [-0.2, -0.15) is 0 Å². The van der Waals surface area contributed by atoms with E-state index in [0.717, 1.165) is 5.39 Å². The summed E-state index contributed by atoms with van der Waals surface area (Å²) in [5.41, 5.74) is 1.34. The Kier molecular flexibility index (Phi) is 4.38. The Labute approximate surface area is 127 Å². The van der Waals surface area contributed by atoms with Crippen LogP contribution < -0.4 is 4.74 Å². The second-order valence-corrected chi connectivity index (χ2v) is 4.96. The van der Waals surface area contributed by atoms with Crippen molar-refractivity contribution in [2.24, 2.45) is 0 Å².